The van der Waals surface area contributed by atoms with E-state index in [1.165, 1.54) is 23.2 Å². The van der Waals surface area contributed by atoms with Crippen molar-refractivity contribution in [3.63, 3.8) is 0 Å². The summed E-state index contributed by atoms with van der Waals surface area (Å²) in [6.45, 7) is 1.15. The van der Waals surface area contributed by atoms with Crippen molar-refractivity contribution in [2.75, 3.05) is 36.8 Å². The van der Waals surface area contributed by atoms with Gasteiger partial charge in [0.1, 0.15) is 0 Å². The van der Waals surface area contributed by atoms with Crippen LogP contribution in [0.3, 0.4) is 0 Å². The molecule has 1 saturated heterocycles. The van der Waals surface area contributed by atoms with Crippen molar-refractivity contribution >= 4 is 23.4 Å². The number of amides is 4. The highest BCUT2D eigenvalue weighted by Crippen LogP contribution is 2.30. The Bertz CT molecular complexity index is 859. The zero-order chi connectivity index (χ0) is 20.3. The first-order valence-electron chi connectivity index (χ1n) is 8.50. The van der Waals surface area contributed by atoms with E-state index in [-0.39, 0.29) is 24.8 Å². The Balaban J connectivity index is 1.52. The molecule has 1 aliphatic heterocycles. The fourth-order valence-corrected chi connectivity index (χ4v) is 2.78. The molecular weight excluding hydrogens is 377 g/mol. The second-order valence-electron chi connectivity index (χ2n) is 6.32. The molecule has 11 heteroatoms. The molecule has 1 aromatic heterocycles. The average Bonchev–Trinajstić information content (AvgIpc) is 3.06. The van der Waals surface area contributed by atoms with Crippen LogP contribution >= 0.6 is 0 Å². The molecule has 0 aliphatic carbocycles. The second kappa shape index (κ2) is 7.79. The Morgan fingerprint density at radius 1 is 1.00 bits per heavy atom. The van der Waals surface area contributed by atoms with E-state index in [4.69, 9.17) is 0 Å². The van der Waals surface area contributed by atoms with Gasteiger partial charge in [-0.05, 0) is 18.2 Å². The van der Waals surface area contributed by atoms with Crippen LogP contribution in [0.5, 0.6) is 0 Å². The molecule has 1 fully saturated rings. The van der Waals surface area contributed by atoms with Gasteiger partial charge >= 0.3 is 18.2 Å². The fourth-order valence-electron chi connectivity index (χ4n) is 2.78. The van der Waals surface area contributed by atoms with Gasteiger partial charge in [-0.15, -0.1) is 0 Å². The van der Waals surface area contributed by atoms with Crippen molar-refractivity contribution in [2.24, 2.45) is 7.05 Å². The summed E-state index contributed by atoms with van der Waals surface area (Å²) in [6.07, 6.45) is -1.29. The number of urea groups is 2. The molecule has 1 aliphatic rings. The van der Waals surface area contributed by atoms with Gasteiger partial charge in [0, 0.05) is 45.1 Å². The lowest BCUT2D eigenvalue weighted by atomic mass is 10.2. The number of anilines is 2. The van der Waals surface area contributed by atoms with Crippen molar-refractivity contribution < 1.29 is 22.8 Å². The molecule has 0 atom stereocenters. The number of halogens is 3. The van der Waals surface area contributed by atoms with Gasteiger partial charge in [0.15, 0.2) is 0 Å². The van der Waals surface area contributed by atoms with Crippen LogP contribution < -0.4 is 10.6 Å². The number of carbonyl (C=O) groups excluding carboxylic acids is 2. The van der Waals surface area contributed by atoms with Gasteiger partial charge in [-0.25, -0.2) is 9.59 Å². The van der Waals surface area contributed by atoms with Crippen molar-refractivity contribution in [2.45, 2.75) is 6.18 Å². The predicted octanol–water partition coefficient (Wildman–Crippen LogP) is 2.82. The molecule has 2 N–H and O–H groups in total. The van der Waals surface area contributed by atoms with Crippen LogP contribution in [-0.4, -0.2) is 57.8 Å². The maximum atomic E-state index is 12.8. The zero-order valence-corrected chi connectivity index (χ0v) is 15.0. The number of nitrogens with zero attached hydrogens (tertiary/aromatic N) is 4. The molecule has 2 aromatic rings. The second-order valence-corrected chi connectivity index (χ2v) is 6.32. The highest BCUT2D eigenvalue weighted by atomic mass is 19.4. The summed E-state index contributed by atoms with van der Waals surface area (Å²) in [6, 6.07) is 3.65. The minimum Gasteiger partial charge on any atom is -0.321 e. The van der Waals surface area contributed by atoms with Crippen molar-refractivity contribution in [3.8, 4) is 0 Å². The molecule has 3 rings (SSSR count). The Hall–Kier alpha value is -3.24. The van der Waals surface area contributed by atoms with E-state index >= 15 is 0 Å². The Morgan fingerprint density at radius 3 is 2.07 bits per heavy atom. The topological polar surface area (TPSA) is 82.5 Å². The summed E-state index contributed by atoms with van der Waals surface area (Å²) < 4.78 is 39.9. The van der Waals surface area contributed by atoms with Gasteiger partial charge in [-0.2, -0.15) is 18.3 Å². The van der Waals surface area contributed by atoms with Crippen LogP contribution in [0.4, 0.5) is 34.1 Å². The van der Waals surface area contributed by atoms with E-state index in [1.807, 2.05) is 0 Å². The number of benzene rings is 1. The minimum atomic E-state index is -4.48. The molecule has 0 spiro atoms. The number of aromatic nitrogens is 2. The third-order valence-electron chi connectivity index (χ3n) is 4.25. The molecule has 2 heterocycles. The molecule has 150 valence electrons. The van der Waals surface area contributed by atoms with Gasteiger partial charge in [0.25, 0.3) is 0 Å². The van der Waals surface area contributed by atoms with Crippen molar-refractivity contribution in [3.05, 3.63) is 42.2 Å². The van der Waals surface area contributed by atoms with Crippen LogP contribution in [0.15, 0.2) is 36.7 Å². The first kappa shape index (κ1) is 19.5. The largest absolute Gasteiger partial charge is 0.416 e. The normalized spacial score (nSPS) is 14.7. The quantitative estimate of drug-likeness (QED) is 0.819. The Labute approximate surface area is 158 Å². The van der Waals surface area contributed by atoms with Gasteiger partial charge < -0.3 is 20.4 Å². The molecule has 0 unspecified atom stereocenters. The average molecular weight is 396 g/mol. The summed E-state index contributed by atoms with van der Waals surface area (Å²) in [5, 5.41) is 9.15. The number of rotatable bonds is 2. The third kappa shape index (κ3) is 4.72. The molecular formula is C17H19F3N6O2. The summed E-state index contributed by atoms with van der Waals surface area (Å²) in [4.78, 5) is 27.5. The minimum absolute atomic E-state index is 0.0663. The lowest BCUT2D eigenvalue weighted by Crippen LogP contribution is -2.52. The van der Waals surface area contributed by atoms with E-state index in [2.05, 4.69) is 15.7 Å². The highest BCUT2D eigenvalue weighted by Gasteiger charge is 2.31. The van der Waals surface area contributed by atoms with Crippen LogP contribution in [-0.2, 0) is 13.2 Å². The maximum Gasteiger partial charge on any atom is 0.416 e. The van der Waals surface area contributed by atoms with Crippen molar-refractivity contribution in [1.29, 1.82) is 0 Å². The van der Waals surface area contributed by atoms with Crippen LogP contribution in [0.25, 0.3) is 0 Å². The lowest BCUT2D eigenvalue weighted by Gasteiger charge is -2.34. The summed E-state index contributed by atoms with van der Waals surface area (Å²) in [5.74, 6) is 0. The number of carbonyl (C=O) groups is 2. The predicted molar refractivity (Wildman–Crippen MR) is 95.8 cm³/mol. The summed E-state index contributed by atoms with van der Waals surface area (Å²) in [7, 11) is 1.73. The standard InChI is InChI=1S/C17H19F3N6O2/c1-24-11-14(10-21-24)23-16(28)26-7-5-25(6-8-26)15(27)22-13-4-2-3-12(9-13)17(18,19)20/h2-4,9-11H,5-8H2,1H3,(H,22,27)(H,23,28). The number of alkyl halides is 3. The molecule has 4 amide bonds. The van der Waals surface area contributed by atoms with Crippen LogP contribution in [0, 0.1) is 0 Å². The van der Waals surface area contributed by atoms with E-state index in [0.717, 1.165) is 12.1 Å². The first-order chi connectivity index (χ1) is 13.2. The first-order valence-corrected chi connectivity index (χ1v) is 8.50. The van der Waals surface area contributed by atoms with E-state index in [0.29, 0.717) is 18.8 Å². The van der Waals surface area contributed by atoms with E-state index < -0.39 is 17.8 Å². The molecule has 0 bridgehead atoms. The molecule has 0 radical (unpaired) electrons. The van der Waals surface area contributed by atoms with E-state index in [9.17, 15) is 22.8 Å². The molecule has 0 saturated carbocycles. The Morgan fingerprint density at radius 2 is 1.57 bits per heavy atom. The fraction of sp³-hybridized carbons (Fsp3) is 0.353. The molecule has 28 heavy (non-hydrogen) atoms. The van der Waals surface area contributed by atoms with Crippen molar-refractivity contribution in [1.82, 2.24) is 19.6 Å². The zero-order valence-electron chi connectivity index (χ0n) is 15.0. The Kier molecular flexibility index (Phi) is 5.43. The van der Waals surface area contributed by atoms with Crippen LogP contribution in [0.1, 0.15) is 5.56 Å². The smallest absolute Gasteiger partial charge is 0.321 e. The SMILES string of the molecule is Cn1cc(NC(=O)N2CCN(C(=O)Nc3cccc(C(F)(F)F)c3)CC2)cn1. The monoisotopic (exact) mass is 396 g/mol. The number of hydrogen-bond donors (Lipinski definition) is 2. The summed E-state index contributed by atoms with van der Waals surface area (Å²) in [5.41, 5.74) is -0.198. The number of piperazine rings is 1. The third-order valence-corrected chi connectivity index (χ3v) is 4.25. The van der Waals surface area contributed by atoms with Gasteiger partial charge in [0.2, 0.25) is 0 Å². The maximum absolute atomic E-state index is 12.8. The van der Waals surface area contributed by atoms with Crippen LogP contribution in [0.2, 0.25) is 0 Å². The van der Waals surface area contributed by atoms with Gasteiger partial charge in [-0.1, -0.05) is 6.07 Å². The van der Waals surface area contributed by atoms with E-state index in [1.54, 1.807) is 22.8 Å². The highest BCUT2D eigenvalue weighted by molar-refractivity contribution is 5.91. The van der Waals surface area contributed by atoms with Gasteiger partial charge in [-0.3, -0.25) is 4.68 Å². The van der Waals surface area contributed by atoms with Gasteiger partial charge in [0.05, 0.1) is 17.4 Å². The lowest BCUT2D eigenvalue weighted by molar-refractivity contribution is -0.137. The number of hydrogen-bond acceptors (Lipinski definition) is 3. The molecule has 1 aromatic carbocycles. The number of nitrogens with one attached hydrogen (secondary N) is 2. The molecule has 8 nitrogen and oxygen atoms in total. The number of aryl methyl sites for hydroxylation is 1. The summed E-state index contributed by atoms with van der Waals surface area (Å²) >= 11 is 0.